The van der Waals surface area contributed by atoms with Gasteiger partial charge in [-0.05, 0) is 43.7 Å². The SMILES string of the molecule is CCCc1noc(Cn2cnc3c4cc(C)ccc4n(CC(=O)Nc4cccc(F)c4)c3c2=O)n1. The van der Waals surface area contributed by atoms with Gasteiger partial charge in [-0.25, -0.2) is 9.37 Å². The van der Waals surface area contributed by atoms with Crippen LogP contribution in [0.3, 0.4) is 0 Å². The molecule has 10 heteroatoms. The van der Waals surface area contributed by atoms with E-state index < -0.39 is 11.7 Å². The number of hydrogen-bond acceptors (Lipinski definition) is 6. The van der Waals surface area contributed by atoms with Gasteiger partial charge in [-0.1, -0.05) is 29.8 Å². The first kappa shape index (κ1) is 22.5. The van der Waals surface area contributed by atoms with Crippen molar-refractivity contribution in [3.8, 4) is 0 Å². The highest BCUT2D eigenvalue weighted by Crippen LogP contribution is 2.26. The number of aromatic nitrogens is 5. The molecule has 35 heavy (non-hydrogen) atoms. The fraction of sp³-hybridized carbons (Fsp3) is 0.240. The molecule has 2 aromatic carbocycles. The number of anilines is 1. The minimum Gasteiger partial charge on any atom is -0.337 e. The summed E-state index contributed by atoms with van der Waals surface area (Å²) in [6, 6.07) is 11.4. The number of nitrogens with zero attached hydrogens (tertiary/aromatic N) is 5. The lowest BCUT2D eigenvalue weighted by atomic mass is 10.1. The second kappa shape index (κ2) is 9.13. The van der Waals surface area contributed by atoms with Gasteiger partial charge in [0, 0.05) is 17.5 Å². The highest BCUT2D eigenvalue weighted by Gasteiger charge is 2.19. The van der Waals surface area contributed by atoms with Crippen molar-refractivity contribution in [3.05, 3.63) is 82.2 Å². The van der Waals surface area contributed by atoms with Crippen molar-refractivity contribution >= 4 is 33.5 Å². The fourth-order valence-electron chi connectivity index (χ4n) is 4.13. The largest absolute Gasteiger partial charge is 0.337 e. The Bertz CT molecular complexity index is 1620. The predicted molar refractivity (Wildman–Crippen MR) is 129 cm³/mol. The molecule has 0 bridgehead atoms. The van der Waals surface area contributed by atoms with Crippen LogP contribution in [-0.4, -0.2) is 30.2 Å². The topological polar surface area (TPSA) is 108 Å². The summed E-state index contributed by atoms with van der Waals surface area (Å²) in [5.41, 5.74) is 2.49. The molecule has 1 amide bonds. The summed E-state index contributed by atoms with van der Waals surface area (Å²) in [5, 5.41) is 7.39. The van der Waals surface area contributed by atoms with Crippen LogP contribution in [0.2, 0.25) is 0 Å². The van der Waals surface area contributed by atoms with E-state index in [0.29, 0.717) is 34.9 Å². The molecular weight excluding hydrogens is 451 g/mol. The first-order chi connectivity index (χ1) is 16.9. The number of rotatable bonds is 7. The summed E-state index contributed by atoms with van der Waals surface area (Å²) in [6.45, 7) is 3.88. The minimum atomic E-state index is -0.453. The lowest BCUT2D eigenvalue weighted by Gasteiger charge is -2.09. The average Bonchev–Trinajstić information content (AvgIpc) is 3.38. The maximum absolute atomic E-state index is 13.6. The molecule has 3 aromatic heterocycles. The Morgan fingerprint density at radius 3 is 2.86 bits per heavy atom. The summed E-state index contributed by atoms with van der Waals surface area (Å²) in [7, 11) is 0. The van der Waals surface area contributed by atoms with E-state index in [1.54, 1.807) is 10.6 Å². The van der Waals surface area contributed by atoms with Crippen molar-refractivity contribution in [1.29, 1.82) is 0 Å². The minimum absolute atomic E-state index is 0.0640. The van der Waals surface area contributed by atoms with Gasteiger partial charge in [0.25, 0.3) is 5.56 Å². The molecule has 0 fully saturated rings. The van der Waals surface area contributed by atoms with Gasteiger partial charge in [-0.15, -0.1) is 0 Å². The van der Waals surface area contributed by atoms with Crippen LogP contribution in [0.25, 0.3) is 21.9 Å². The third kappa shape index (κ3) is 4.42. The van der Waals surface area contributed by atoms with E-state index in [4.69, 9.17) is 4.52 Å². The van der Waals surface area contributed by atoms with Gasteiger partial charge < -0.3 is 14.4 Å². The molecule has 0 saturated heterocycles. The van der Waals surface area contributed by atoms with E-state index in [9.17, 15) is 14.0 Å². The lowest BCUT2D eigenvalue weighted by molar-refractivity contribution is -0.116. The highest BCUT2D eigenvalue weighted by atomic mass is 19.1. The molecule has 0 aliphatic heterocycles. The Morgan fingerprint density at radius 1 is 1.20 bits per heavy atom. The normalized spacial score (nSPS) is 11.4. The molecule has 0 aliphatic carbocycles. The number of hydrogen-bond donors (Lipinski definition) is 1. The Balaban J connectivity index is 1.56. The highest BCUT2D eigenvalue weighted by molar-refractivity contribution is 6.06. The summed E-state index contributed by atoms with van der Waals surface area (Å²) in [6.07, 6.45) is 3.01. The Labute approximate surface area is 199 Å². The van der Waals surface area contributed by atoms with Crippen molar-refractivity contribution < 1.29 is 13.7 Å². The van der Waals surface area contributed by atoms with Crippen LogP contribution in [0.1, 0.15) is 30.6 Å². The summed E-state index contributed by atoms with van der Waals surface area (Å²) >= 11 is 0. The Hall–Kier alpha value is -4.34. The van der Waals surface area contributed by atoms with Crippen molar-refractivity contribution in [1.82, 2.24) is 24.3 Å². The van der Waals surface area contributed by atoms with Gasteiger partial charge >= 0.3 is 0 Å². The maximum atomic E-state index is 13.6. The van der Waals surface area contributed by atoms with Crippen LogP contribution in [0.15, 0.2) is 58.1 Å². The molecule has 0 saturated carbocycles. The number of benzene rings is 2. The van der Waals surface area contributed by atoms with Gasteiger partial charge in [0.2, 0.25) is 11.8 Å². The Morgan fingerprint density at radius 2 is 2.06 bits per heavy atom. The molecule has 3 heterocycles. The molecule has 5 aromatic rings. The number of halogens is 1. The smallest absolute Gasteiger partial charge is 0.278 e. The van der Waals surface area contributed by atoms with Crippen LogP contribution in [0, 0.1) is 12.7 Å². The van der Waals surface area contributed by atoms with Crippen LogP contribution >= 0.6 is 0 Å². The zero-order valence-corrected chi connectivity index (χ0v) is 19.3. The van der Waals surface area contributed by atoms with Crippen molar-refractivity contribution in [2.24, 2.45) is 0 Å². The Kier molecular flexibility index (Phi) is 5.86. The molecule has 0 atom stereocenters. The molecule has 0 radical (unpaired) electrons. The van der Waals surface area contributed by atoms with Crippen molar-refractivity contribution in [2.45, 2.75) is 39.8 Å². The van der Waals surface area contributed by atoms with Crippen LogP contribution in [-0.2, 0) is 24.3 Å². The third-order valence-corrected chi connectivity index (χ3v) is 5.68. The number of fused-ring (bicyclic) bond motifs is 3. The first-order valence-electron chi connectivity index (χ1n) is 11.3. The summed E-state index contributed by atoms with van der Waals surface area (Å²) < 4.78 is 21.9. The molecule has 0 spiro atoms. The van der Waals surface area contributed by atoms with Crippen molar-refractivity contribution in [3.63, 3.8) is 0 Å². The fourth-order valence-corrected chi connectivity index (χ4v) is 4.13. The van der Waals surface area contributed by atoms with Gasteiger partial charge in [-0.2, -0.15) is 4.98 Å². The molecule has 1 N–H and O–H groups in total. The number of carbonyl (C=O) groups is 1. The molecular formula is C25H23FN6O3. The molecule has 0 unspecified atom stereocenters. The third-order valence-electron chi connectivity index (χ3n) is 5.68. The van der Waals surface area contributed by atoms with Gasteiger partial charge in [0.05, 0.1) is 11.8 Å². The van der Waals surface area contributed by atoms with E-state index in [1.165, 1.54) is 29.1 Å². The maximum Gasteiger partial charge on any atom is 0.278 e. The van der Waals surface area contributed by atoms with E-state index in [1.807, 2.05) is 32.0 Å². The summed E-state index contributed by atoms with van der Waals surface area (Å²) in [4.78, 5) is 35.3. The van der Waals surface area contributed by atoms with Crippen LogP contribution in [0.4, 0.5) is 10.1 Å². The average molecular weight is 474 g/mol. The quantitative estimate of drug-likeness (QED) is 0.384. The number of amides is 1. The van der Waals surface area contributed by atoms with Crippen molar-refractivity contribution in [2.75, 3.05) is 5.32 Å². The molecule has 0 aliphatic rings. The van der Waals surface area contributed by atoms with Crippen LogP contribution in [0.5, 0.6) is 0 Å². The first-order valence-corrected chi connectivity index (χ1v) is 11.3. The van der Waals surface area contributed by atoms with E-state index >= 15 is 0 Å². The molecule has 9 nitrogen and oxygen atoms in total. The zero-order chi connectivity index (χ0) is 24.5. The van der Waals surface area contributed by atoms with Gasteiger partial charge in [0.15, 0.2) is 5.82 Å². The molecule has 178 valence electrons. The number of nitrogens with one attached hydrogen (secondary N) is 1. The van der Waals surface area contributed by atoms with E-state index in [-0.39, 0.29) is 24.2 Å². The van der Waals surface area contributed by atoms with E-state index in [2.05, 4.69) is 20.4 Å². The van der Waals surface area contributed by atoms with E-state index in [0.717, 1.165) is 17.4 Å². The monoisotopic (exact) mass is 474 g/mol. The van der Waals surface area contributed by atoms with Crippen LogP contribution < -0.4 is 10.9 Å². The predicted octanol–water partition coefficient (Wildman–Crippen LogP) is 3.82. The van der Waals surface area contributed by atoms with Gasteiger partial charge in [0.1, 0.15) is 29.9 Å². The second-order valence-electron chi connectivity index (χ2n) is 8.39. The number of aryl methyl sites for hydroxylation is 2. The lowest BCUT2D eigenvalue weighted by Crippen LogP contribution is -2.25. The number of carbonyl (C=O) groups excluding carboxylic acids is 1. The van der Waals surface area contributed by atoms with Gasteiger partial charge in [-0.3, -0.25) is 14.2 Å². The zero-order valence-electron chi connectivity index (χ0n) is 19.3. The molecule has 5 rings (SSSR count). The summed E-state index contributed by atoms with van der Waals surface area (Å²) in [5.74, 6) is 0.0403. The second-order valence-corrected chi connectivity index (χ2v) is 8.39. The standard InChI is InChI=1S/C25H23FN6O3/c1-3-5-20-29-22(35-30-20)13-31-14-27-23-18-10-15(2)8-9-19(18)32(24(23)25(31)34)12-21(33)28-17-7-4-6-16(26)11-17/h4,6-11,14H,3,5,12-13H2,1-2H3,(H,28,33).